The van der Waals surface area contributed by atoms with Crippen molar-refractivity contribution in [2.45, 2.75) is 0 Å². The van der Waals surface area contributed by atoms with Crippen LogP contribution in [0.15, 0.2) is 24.3 Å². The number of hydrogen-bond donors (Lipinski definition) is 2. The van der Waals surface area contributed by atoms with E-state index in [1.165, 1.54) is 0 Å². The quantitative estimate of drug-likeness (QED) is 0.404. The van der Waals surface area contributed by atoms with Gasteiger partial charge in [-0.2, -0.15) is 0 Å². The van der Waals surface area contributed by atoms with Crippen LogP contribution in [0.1, 0.15) is 0 Å². The number of halogens is 2. The van der Waals surface area contributed by atoms with Gasteiger partial charge in [0.1, 0.15) is 0 Å². The van der Waals surface area contributed by atoms with Crippen LogP contribution in [0.4, 0.5) is 11.4 Å². The highest BCUT2D eigenvalue weighted by Gasteiger charge is 2.04. The minimum Gasteiger partial charge on any atom is -1.00 e. The van der Waals surface area contributed by atoms with Crippen LogP contribution in [0.5, 0.6) is 0 Å². The molecule has 0 heterocycles. The lowest BCUT2D eigenvalue weighted by molar-refractivity contribution is -0.868. The van der Waals surface area contributed by atoms with E-state index in [1.54, 1.807) is 0 Å². The normalized spacial score (nSPS) is 9.94. The Morgan fingerprint density at radius 1 is 1.12 bits per heavy atom. The van der Waals surface area contributed by atoms with Gasteiger partial charge in [-0.05, 0) is 24.3 Å². The number of nitrogens with one attached hydrogen (secondary N) is 1. The van der Waals surface area contributed by atoms with E-state index in [9.17, 15) is 0 Å². The SMILES string of the molecule is C[N+](C)(C)CCNc1ccc(N)cc1.Cl.[I-]. The molecule has 0 saturated heterocycles. The van der Waals surface area contributed by atoms with Crippen LogP contribution in [0.2, 0.25) is 0 Å². The maximum absolute atomic E-state index is 5.59. The molecule has 0 atom stereocenters. The summed E-state index contributed by atoms with van der Waals surface area (Å²) in [5.41, 5.74) is 7.53. The summed E-state index contributed by atoms with van der Waals surface area (Å²) in [7, 11) is 6.56. The van der Waals surface area contributed by atoms with E-state index in [0.717, 1.165) is 28.9 Å². The molecule has 1 aromatic carbocycles. The van der Waals surface area contributed by atoms with E-state index in [4.69, 9.17) is 5.73 Å². The minimum absolute atomic E-state index is 0. The number of anilines is 2. The van der Waals surface area contributed by atoms with Gasteiger partial charge < -0.3 is 39.5 Å². The van der Waals surface area contributed by atoms with Crippen molar-refractivity contribution < 1.29 is 28.5 Å². The number of likely N-dealkylation sites (N-methyl/N-ethyl adjacent to an activating group) is 1. The predicted molar refractivity (Wildman–Crippen MR) is 69.5 cm³/mol. The van der Waals surface area contributed by atoms with Gasteiger partial charge in [0.2, 0.25) is 0 Å². The summed E-state index contributed by atoms with van der Waals surface area (Å²) >= 11 is 0. The molecule has 1 aromatic rings. The highest BCUT2D eigenvalue weighted by atomic mass is 127. The van der Waals surface area contributed by atoms with Crippen LogP contribution in [-0.2, 0) is 0 Å². The molecular formula is C11H21ClIN3. The molecular weight excluding hydrogens is 336 g/mol. The fourth-order valence-corrected chi connectivity index (χ4v) is 1.14. The average molecular weight is 358 g/mol. The Morgan fingerprint density at radius 3 is 2.06 bits per heavy atom. The molecule has 3 N–H and O–H groups in total. The summed E-state index contributed by atoms with van der Waals surface area (Å²) in [6.45, 7) is 2.08. The second-order valence-electron chi connectivity index (χ2n) is 4.56. The second-order valence-corrected chi connectivity index (χ2v) is 4.56. The second kappa shape index (κ2) is 7.97. The Balaban J connectivity index is 0. The molecule has 0 aromatic heterocycles. The first-order chi connectivity index (χ1) is 6.47. The number of benzene rings is 1. The molecule has 0 aliphatic rings. The van der Waals surface area contributed by atoms with Crippen LogP contribution in [0.3, 0.4) is 0 Å². The summed E-state index contributed by atoms with van der Waals surface area (Å²) in [5, 5.41) is 3.36. The molecule has 0 aliphatic heterocycles. The molecule has 3 nitrogen and oxygen atoms in total. The zero-order valence-corrected chi connectivity index (χ0v) is 13.0. The van der Waals surface area contributed by atoms with Gasteiger partial charge in [-0.1, -0.05) is 0 Å². The molecule has 0 saturated carbocycles. The standard InChI is InChI=1S/C11H20N3.ClH.HI/c1-14(2,3)9-8-13-11-6-4-10(12)5-7-11;;/h4-7,13H,8-9,12H2,1-3H3;2*1H/q+1;;/p-1. The number of nitrogen functional groups attached to an aromatic ring is 1. The third-order valence-electron chi connectivity index (χ3n) is 2.02. The van der Waals surface area contributed by atoms with Gasteiger partial charge in [0.15, 0.2) is 0 Å². The average Bonchev–Trinajstić information content (AvgIpc) is 2.06. The maximum Gasteiger partial charge on any atom is 0.0955 e. The Labute approximate surface area is 121 Å². The molecule has 94 valence electrons. The van der Waals surface area contributed by atoms with Crippen molar-refractivity contribution in [2.24, 2.45) is 0 Å². The molecule has 5 heteroatoms. The van der Waals surface area contributed by atoms with Crippen molar-refractivity contribution in [3.8, 4) is 0 Å². The molecule has 0 spiro atoms. The van der Waals surface area contributed by atoms with Crippen LogP contribution >= 0.6 is 12.4 Å². The molecule has 0 unspecified atom stereocenters. The summed E-state index contributed by atoms with van der Waals surface area (Å²) in [6, 6.07) is 7.83. The van der Waals surface area contributed by atoms with Gasteiger partial charge in [0.05, 0.1) is 34.2 Å². The van der Waals surface area contributed by atoms with Gasteiger partial charge >= 0.3 is 0 Å². The largest absolute Gasteiger partial charge is 1.00 e. The molecule has 0 amide bonds. The van der Waals surface area contributed by atoms with Gasteiger partial charge in [-0.3, -0.25) is 0 Å². The highest BCUT2D eigenvalue weighted by Crippen LogP contribution is 2.09. The van der Waals surface area contributed by atoms with Crippen molar-refractivity contribution in [3.05, 3.63) is 24.3 Å². The number of nitrogens with zero attached hydrogens (tertiary/aromatic N) is 1. The molecule has 0 aliphatic carbocycles. The Kier molecular flexibility index (Phi) is 9.06. The molecule has 16 heavy (non-hydrogen) atoms. The van der Waals surface area contributed by atoms with E-state index in [0.29, 0.717) is 0 Å². The van der Waals surface area contributed by atoms with Crippen LogP contribution in [0, 0.1) is 0 Å². The van der Waals surface area contributed by atoms with E-state index in [-0.39, 0.29) is 36.4 Å². The monoisotopic (exact) mass is 357 g/mol. The summed E-state index contributed by atoms with van der Waals surface area (Å²) in [4.78, 5) is 0. The summed E-state index contributed by atoms with van der Waals surface area (Å²) in [6.07, 6.45) is 0. The zero-order valence-electron chi connectivity index (χ0n) is 10.0. The molecule has 0 bridgehead atoms. The molecule has 0 fully saturated rings. The van der Waals surface area contributed by atoms with Crippen LogP contribution < -0.4 is 35.0 Å². The zero-order chi connectivity index (χ0) is 10.6. The van der Waals surface area contributed by atoms with Crippen LogP contribution in [-0.4, -0.2) is 38.7 Å². The lowest BCUT2D eigenvalue weighted by Gasteiger charge is -2.24. The predicted octanol–water partition coefficient (Wildman–Crippen LogP) is -1.19. The Bertz CT molecular complexity index is 282. The lowest BCUT2D eigenvalue weighted by atomic mass is 10.3. The fourth-order valence-electron chi connectivity index (χ4n) is 1.14. The third kappa shape index (κ3) is 8.01. The Hall–Kier alpha value is -0.200. The van der Waals surface area contributed by atoms with Gasteiger partial charge in [-0.15, -0.1) is 12.4 Å². The van der Waals surface area contributed by atoms with Crippen LogP contribution in [0.25, 0.3) is 0 Å². The van der Waals surface area contributed by atoms with Crippen molar-refractivity contribution >= 4 is 23.8 Å². The first-order valence-electron chi connectivity index (χ1n) is 4.87. The highest BCUT2D eigenvalue weighted by molar-refractivity contribution is 5.85. The van der Waals surface area contributed by atoms with Gasteiger partial charge in [-0.25, -0.2) is 0 Å². The number of quaternary nitrogens is 1. The first-order valence-corrected chi connectivity index (χ1v) is 4.87. The van der Waals surface area contributed by atoms with Gasteiger partial charge in [0, 0.05) is 11.4 Å². The smallest absolute Gasteiger partial charge is 0.0955 e. The van der Waals surface area contributed by atoms with Crippen molar-refractivity contribution in [3.63, 3.8) is 0 Å². The van der Waals surface area contributed by atoms with E-state index < -0.39 is 0 Å². The number of rotatable bonds is 4. The Morgan fingerprint density at radius 2 is 1.62 bits per heavy atom. The van der Waals surface area contributed by atoms with E-state index >= 15 is 0 Å². The molecule has 1 rings (SSSR count). The maximum atomic E-state index is 5.59. The summed E-state index contributed by atoms with van der Waals surface area (Å²) < 4.78 is 0.974. The lowest BCUT2D eigenvalue weighted by Crippen LogP contribution is -3.00. The van der Waals surface area contributed by atoms with Crippen molar-refractivity contribution in [2.75, 3.05) is 45.3 Å². The first kappa shape index (κ1) is 18.2. The van der Waals surface area contributed by atoms with E-state index in [2.05, 4.69) is 26.5 Å². The van der Waals surface area contributed by atoms with Crippen molar-refractivity contribution in [1.29, 1.82) is 0 Å². The summed E-state index contributed by atoms with van der Waals surface area (Å²) in [5.74, 6) is 0. The van der Waals surface area contributed by atoms with E-state index in [1.807, 2.05) is 24.3 Å². The molecule has 0 radical (unpaired) electrons. The van der Waals surface area contributed by atoms with Crippen molar-refractivity contribution in [1.82, 2.24) is 0 Å². The fraction of sp³-hybridized carbons (Fsp3) is 0.455. The number of hydrogen-bond acceptors (Lipinski definition) is 2. The number of nitrogens with two attached hydrogens (primary N) is 1. The third-order valence-corrected chi connectivity index (χ3v) is 2.02. The van der Waals surface area contributed by atoms with Gasteiger partial charge in [0.25, 0.3) is 0 Å². The topological polar surface area (TPSA) is 38.0 Å². The minimum atomic E-state index is 0.